The minimum Gasteiger partial charge on any atom is -0.493 e. The van der Waals surface area contributed by atoms with Gasteiger partial charge < -0.3 is 19.5 Å². The number of quaternary nitrogens is 1. The third-order valence-corrected chi connectivity index (χ3v) is 3.61. The summed E-state index contributed by atoms with van der Waals surface area (Å²) in [5.74, 6) is 1.27. The number of rotatable bonds is 6. The molecule has 0 amide bonds. The van der Waals surface area contributed by atoms with Gasteiger partial charge in [0.1, 0.15) is 19.2 Å². The first-order valence-electron chi connectivity index (χ1n) is 6.58. The third kappa shape index (κ3) is 3.75. The molecule has 1 heterocycles. The normalized spacial score (nSPS) is 18.6. The van der Waals surface area contributed by atoms with E-state index in [0.29, 0.717) is 22.6 Å². The molecule has 19 heavy (non-hydrogen) atoms. The summed E-state index contributed by atoms with van der Waals surface area (Å²) in [5.41, 5.74) is 1.13. The Morgan fingerprint density at radius 1 is 1.37 bits per heavy atom. The van der Waals surface area contributed by atoms with Gasteiger partial charge in [-0.3, -0.25) is 0 Å². The summed E-state index contributed by atoms with van der Waals surface area (Å²) < 4.78 is 16.1. The lowest BCUT2D eigenvalue weighted by Gasteiger charge is -2.12. The van der Waals surface area contributed by atoms with Crippen LogP contribution in [0, 0.1) is 0 Å². The van der Waals surface area contributed by atoms with Gasteiger partial charge in [-0.05, 0) is 25.0 Å². The van der Waals surface area contributed by atoms with E-state index in [-0.39, 0.29) is 0 Å². The third-order valence-electron chi connectivity index (χ3n) is 3.33. The lowest BCUT2D eigenvalue weighted by Crippen LogP contribution is -2.84. The number of nitrogens with two attached hydrogens (primary N) is 1. The second kappa shape index (κ2) is 6.98. The molecule has 0 radical (unpaired) electrons. The van der Waals surface area contributed by atoms with Crippen molar-refractivity contribution < 1.29 is 19.5 Å². The van der Waals surface area contributed by atoms with E-state index < -0.39 is 0 Å². The van der Waals surface area contributed by atoms with Gasteiger partial charge in [-0.1, -0.05) is 11.6 Å². The van der Waals surface area contributed by atoms with Crippen LogP contribution in [0.25, 0.3) is 0 Å². The summed E-state index contributed by atoms with van der Waals surface area (Å²) in [5, 5.41) is 2.83. The maximum absolute atomic E-state index is 6.18. The second-order valence-electron chi connectivity index (χ2n) is 4.68. The molecule has 2 rings (SSSR count). The molecule has 0 spiro atoms. The zero-order valence-electron chi connectivity index (χ0n) is 11.4. The zero-order valence-corrected chi connectivity index (χ0v) is 12.2. The van der Waals surface area contributed by atoms with Gasteiger partial charge in [0.15, 0.2) is 11.5 Å². The smallest absolute Gasteiger partial charge is 0.179 e. The van der Waals surface area contributed by atoms with Gasteiger partial charge in [0.25, 0.3) is 0 Å². The number of hydrogen-bond donors (Lipinski definition) is 1. The number of benzene rings is 1. The van der Waals surface area contributed by atoms with Crippen LogP contribution < -0.4 is 14.8 Å². The van der Waals surface area contributed by atoms with Crippen LogP contribution in [0.2, 0.25) is 5.02 Å². The highest BCUT2D eigenvalue weighted by Gasteiger charge is 2.17. The highest BCUT2D eigenvalue weighted by Crippen LogP contribution is 2.35. The molecule has 0 bridgehead atoms. The lowest BCUT2D eigenvalue weighted by molar-refractivity contribution is -0.676. The number of halogens is 1. The van der Waals surface area contributed by atoms with Crippen molar-refractivity contribution in [1.82, 2.24) is 0 Å². The predicted octanol–water partition coefficient (Wildman–Crippen LogP) is 1.60. The summed E-state index contributed by atoms with van der Waals surface area (Å²) in [4.78, 5) is 0. The van der Waals surface area contributed by atoms with Crippen molar-refractivity contribution in [2.24, 2.45) is 0 Å². The van der Waals surface area contributed by atoms with Gasteiger partial charge in [0.2, 0.25) is 0 Å². The van der Waals surface area contributed by atoms with Crippen molar-refractivity contribution in [3.05, 3.63) is 22.7 Å². The van der Waals surface area contributed by atoms with Gasteiger partial charge >= 0.3 is 0 Å². The molecule has 5 heteroatoms. The van der Waals surface area contributed by atoms with Crippen molar-refractivity contribution >= 4 is 11.6 Å². The van der Waals surface area contributed by atoms with E-state index in [2.05, 4.69) is 5.32 Å². The Bertz CT molecular complexity index is 419. The van der Waals surface area contributed by atoms with Crippen LogP contribution in [0.15, 0.2) is 12.1 Å². The van der Waals surface area contributed by atoms with E-state index >= 15 is 0 Å². The molecular formula is C14H21ClNO3+. The van der Waals surface area contributed by atoms with Crippen LogP contribution in [0.3, 0.4) is 0 Å². The first-order chi connectivity index (χ1) is 9.24. The van der Waals surface area contributed by atoms with Gasteiger partial charge in [0, 0.05) is 12.2 Å². The van der Waals surface area contributed by atoms with E-state index in [1.54, 1.807) is 14.2 Å². The molecule has 0 aliphatic carbocycles. The molecule has 0 saturated carbocycles. The molecule has 1 saturated heterocycles. The average Bonchev–Trinajstić information content (AvgIpc) is 2.91. The Kier molecular flexibility index (Phi) is 5.31. The molecule has 2 N–H and O–H groups in total. The highest BCUT2D eigenvalue weighted by atomic mass is 35.5. The number of hydrogen-bond acceptors (Lipinski definition) is 3. The van der Waals surface area contributed by atoms with Crippen molar-refractivity contribution in [3.8, 4) is 11.5 Å². The fourth-order valence-corrected chi connectivity index (χ4v) is 2.67. The molecule has 1 aliphatic rings. The van der Waals surface area contributed by atoms with E-state index in [9.17, 15) is 0 Å². The van der Waals surface area contributed by atoms with Gasteiger partial charge in [-0.25, -0.2) is 0 Å². The van der Waals surface area contributed by atoms with Crippen LogP contribution in [-0.2, 0) is 11.3 Å². The molecule has 1 aromatic rings. The lowest BCUT2D eigenvalue weighted by atomic mass is 10.2. The largest absolute Gasteiger partial charge is 0.493 e. The Labute approximate surface area is 119 Å². The molecule has 4 nitrogen and oxygen atoms in total. The van der Waals surface area contributed by atoms with Crippen molar-refractivity contribution in [3.63, 3.8) is 0 Å². The van der Waals surface area contributed by atoms with Crippen LogP contribution in [-0.4, -0.2) is 33.5 Å². The summed E-state index contributed by atoms with van der Waals surface area (Å²) in [7, 11) is 3.21. The van der Waals surface area contributed by atoms with Crippen molar-refractivity contribution in [2.75, 3.05) is 27.4 Å². The van der Waals surface area contributed by atoms with Crippen LogP contribution in [0.4, 0.5) is 0 Å². The molecule has 1 aliphatic heterocycles. The van der Waals surface area contributed by atoms with Crippen molar-refractivity contribution in [1.29, 1.82) is 0 Å². The maximum atomic E-state index is 6.18. The molecule has 0 unspecified atom stereocenters. The monoisotopic (exact) mass is 286 g/mol. The topological polar surface area (TPSA) is 44.3 Å². The van der Waals surface area contributed by atoms with Crippen LogP contribution in [0.5, 0.6) is 11.5 Å². The standard InChI is InChI=1S/C14H20ClNO3/c1-17-13-7-10(6-12(15)14(13)18-2)8-16-9-11-4-3-5-19-11/h6-7,11,16H,3-5,8-9H2,1-2H3/p+1/t11-/m0/s1. The zero-order chi connectivity index (χ0) is 13.7. The minimum atomic E-state index is 0.399. The van der Waals surface area contributed by atoms with Crippen LogP contribution >= 0.6 is 11.6 Å². The minimum absolute atomic E-state index is 0.399. The molecule has 0 aromatic heterocycles. The van der Waals surface area contributed by atoms with E-state index in [1.165, 1.54) is 12.8 Å². The van der Waals surface area contributed by atoms with E-state index in [0.717, 1.165) is 25.3 Å². The highest BCUT2D eigenvalue weighted by molar-refractivity contribution is 6.32. The summed E-state index contributed by atoms with van der Waals surface area (Å²) in [6, 6.07) is 3.89. The van der Waals surface area contributed by atoms with Gasteiger partial charge in [0.05, 0.1) is 19.2 Å². The van der Waals surface area contributed by atoms with Crippen molar-refractivity contribution in [2.45, 2.75) is 25.5 Å². The fraction of sp³-hybridized carbons (Fsp3) is 0.571. The number of methoxy groups -OCH3 is 2. The predicted molar refractivity (Wildman–Crippen MR) is 74.0 cm³/mol. The Morgan fingerprint density at radius 3 is 2.84 bits per heavy atom. The SMILES string of the molecule is COc1cc(C[NH2+]C[C@@H]2CCCO2)cc(Cl)c1OC. The summed E-state index contributed by atoms with van der Waals surface area (Å²) in [6.07, 6.45) is 2.75. The summed E-state index contributed by atoms with van der Waals surface area (Å²) >= 11 is 6.18. The van der Waals surface area contributed by atoms with Gasteiger partial charge in [-0.15, -0.1) is 0 Å². The first kappa shape index (κ1) is 14.4. The Balaban J connectivity index is 1.94. The van der Waals surface area contributed by atoms with Crippen LogP contribution in [0.1, 0.15) is 18.4 Å². The quantitative estimate of drug-likeness (QED) is 0.864. The Hall–Kier alpha value is -0.970. The Morgan fingerprint density at radius 2 is 2.21 bits per heavy atom. The second-order valence-corrected chi connectivity index (χ2v) is 5.08. The first-order valence-corrected chi connectivity index (χ1v) is 6.96. The van der Waals surface area contributed by atoms with E-state index in [4.69, 9.17) is 25.8 Å². The molecular weight excluding hydrogens is 266 g/mol. The average molecular weight is 287 g/mol. The molecule has 1 aromatic carbocycles. The fourth-order valence-electron chi connectivity index (χ4n) is 2.36. The molecule has 1 atom stereocenters. The number of ether oxygens (including phenoxy) is 3. The summed E-state index contributed by atoms with van der Waals surface area (Å²) in [6.45, 7) is 2.76. The van der Waals surface area contributed by atoms with Gasteiger partial charge in [-0.2, -0.15) is 0 Å². The molecule has 1 fully saturated rings. The maximum Gasteiger partial charge on any atom is 0.179 e. The molecule has 106 valence electrons. The van der Waals surface area contributed by atoms with E-state index in [1.807, 2.05) is 12.1 Å².